The topological polar surface area (TPSA) is 73.1 Å². The van der Waals surface area contributed by atoms with Gasteiger partial charge in [0.25, 0.3) is 5.89 Å². The maximum atomic E-state index is 14.2. The van der Waals surface area contributed by atoms with E-state index in [4.69, 9.17) is 9.26 Å². The molecular formula is C18H19FN4O2. The molecule has 7 heteroatoms. The number of nitrogens with one attached hydrogen (secondary N) is 1. The van der Waals surface area contributed by atoms with E-state index in [0.29, 0.717) is 22.8 Å². The number of aromatic nitrogens is 3. The third-order valence-corrected chi connectivity index (χ3v) is 3.79. The highest BCUT2D eigenvalue weighted by Gasteiger charge is 2.16. The number of pyridine rings is 1. The molecule has 0 bridgehead atoms. The van der Waals surface area contributed by atoms with Crippen molar-refractivity contribution in [1.82, 2.24) is 15.1 Å². The minimum Gasteiger partial charge on any atom is -0.488 e. The molecule has 3 aromatic rings. The summed E-state index contributed by atoms with van der Waals surface area (Å²) in [5, 5.41) is 6.94. The molecule has 1 N–H and O–H groups in total. The van der Waals surface area contributed by atoms with Crippen molar-refractivity contribution in [2.45, 2.75) is 26.4 Å². The van der Waals surface area contributed by atoms with E-state index in [1.54, 1.807) is 31.4 Å². The summed E-state index contributed by atoms with van der Waals surface area (Å²) in [6, 6.07) is 8.21. The van der Waals surface area contributed by atoms with Crippen molar-refractivity contribution in [3.63, 3.8) is 0 Å². The predicted octanol–water partition coefficient (Wildman–Crippen LogP) is 4.16. The minimum absolute atomic E-state index is 0.0547. The lowest BCUT2D eigenvalue weighted by Crippen LogP contribution is -2.10. The maximum Gasteiger partial charge on any atom is 0.258 e. The van der Waals surface area contributed by atoms with Gasteiger partial charge < -0.3 is 14.6 Å². The molecular weight excluding hydrogens is 323 g/mol. The largest absolute Gasteiger partial charge is 0.488 e. The summed E-state index contributed by atoms with van der Waals surface area (Å²) < 4.78 is 25.1. The van der Waals surface area contributed by atoms with Crippen molar-refractivity contribution in [2.24, 2.45) is 0 Å². The second-order valence-electron chi connectivity index (χ2n) is 5.55. The van der Waals surface area contributed by atoms with Crippen LogP contribution in [0.25, 0.3) is 22.8 Å². The Balaban J connectivity index is 1.89. The lowest BCUT2D eigenvalue weighted by Gasteiger charge is -2.13. The number of hydrogen-bond acceptors (Lipinski definition) is 6. The van der Waals surface area contributed by atoms with Gasteiger partial charge in [0.15, 0.2) is 11.6 Å². The Bertz CT molecular complexity index is 866. The summed E-state index contributed by atoms with van der Waals surface area (Å²) in [6.07, 6.45) is 2.41. The van der Waals surface area contributed by atoms with E-state index >= 15 is 0 Å². The first-order valence-corrected chi connectivity index (χ1v) is 8.05. The summed E-state index contributed by atoms with van der Waals surface area (Å²) in [5.41, 5.74) is 1.19. The molecule has 6 nitrogen and oxygen atoms in total. The molecule has 0 aliphatic heterocycles. The summed E-state index contributed by atoms with van der Waals surface area (Å²) in [5.74, 6) is 0.999. The Morgan fingerprint density at radius 2 is 2.16 bits per heavy atom. The average Bonchev–Trinajstić information content (AvgIpc) is 3.13. The van der Waals surface area contributed by atoms with Crippen LogP contribution in [0.3, 0.4) is 0 Å². The van der Waals surface area contributed by atoms with E-state index in [0.717, 1.165) is 6.42 Å². The molecule has 2 heterocycles. The Morgan fingerprint density at radius 1 is 1.32 bits per heavy atom. The van der Waals surface area contributed by atoms with Crippen LogP contribution in [0.1, 0.15) is 20.3 Å². The first-order valence-electron chi connectivity index (χ1n) is 8.05. The highest BCUT2D eigenvalue weighted by atomic mass is 19.1. The summed E-state index contributed by atoms with van der Waals surface area (Å²) in [4.78, 5) is 8.55. The highest BCUT2D eigenvalue weighted by molar-refractivity contribution is 5.70. The quantitative estimate of drug-likeness (QED) is 0.725. The van der Waals surface area contributed by atoms with Gasteiger partial charge in [0.2, 0.25) is 5.82 Å². The van der Waals surface area contributed by atoms with Crippen LogP contribution in [0.5, 0.6) is 5.75 Å². The molecule has 0 fully saturated rings. The summed E-state index contributed by atoms with van der Waals surface area (Å²) in [7, 11) is 1.76. The molecule has 0 amide bonds. The lowest BCUT2D eigenvalue weighted by molar-refractivity contribution is 0.208. The first-order chi connectivity index (χ1) is 12.1. The van der Waals surface area contributed by atoms with Crippen LogP contribution in [0.15, 0.2) is 41.1 Å². The van der Waals surface area contributed by atoms with Gasteiger partial charge in [-0.2, -0.15) is 4.98 Å². The molecule has 0 aliphatic carbocycles. The van der Waals surface area contributed by atoms with Crippen molar-refractivity contribution < 1.29 is 13.7 Å². The normalized spacial score (nSPS) is 12.0. The van der Waals surface area contributed by atoms with E-state index in [9.17, 15) is 4.39 Å². The monoisotopic (exact) mass is 342 g/mol. The zero-order chi connectivity index (χ0) is 17.8. The average molecular weight is 342 g/mol. The molecule has 0 saturated carbocycles. The van der Waals surface area contributed by atoms with Crippen LogP contribution in [-0.2, 0) is 0 Å². The van der Waals surface area contributed by atoms with E-state index in [1.807, 2.05) is 19.9 Å². The second-order valence-corrected chi connectivity index (χ2v) is 5.55. The zero-order valence-corrected chi connectivity index (χ0v) is 14.3. The minimum atomic E-state index is -0.463. The number of halogens is 1. The second kappa shape index (κ2) is 7.29. The fraction of sp³-hybridized carbons (Fsp3) is 0.278. The molecule has 1 atom stereocenters. The van der Waals surface area contributed by atoms with Gasteiger partial charge in [-0.25, -0.2) is 9.37 Å². The number of benzene rings is 1. The summed E-state index contributed by atoms with van der Waals surface area (Å²) in [6.45, 7) is 3.87. The fourth-order valence-electron chi connectivity index (χ4n) is 2.26. The third kappa shape index (κ3) is 3.60. The van der Waals surface area contributed by atoms with E-state index < -0.39 is 5.82 Å². The van der Waals surface area contributed by atoms with E-state index in [1.165, 1.54) is 6.07 Å². The highest BCUT2D eigenvalue weighted by Crippen LogP contribution is 2.29. The number of anilines is 1. The van der Waals surface area contributed by atoms with Gasteiger partial charge in [0, 0.05) is 18.8 Å². The molecule has 3 rings (SSSR count). The molecule has 130 valence electrons. The number of hydrogen-bond donors (Lipinski definition) is 1. The Labute approximate surface area is 145 Å². The van der Waals surface area contributed by atoms with Gasteiger partial charge in [0.1, 0.15) is 5.82 Å². The van der Waals surface area contributed by atoms with Crippen LogP contribution in [0.4, 0.5) is 10.2 Å². The Kier molecular flexibility index (Phi) is 4.92. The van der Waals surface area contributed by atoms with Crippen molar-refractivity contribution in [2.75, 3.05) is 12.4 Å². The molecule has 0 spiro atoms. The van der Waals surface area contributed by atoms with E-state index in [2.05, 4.69) is 20.4 Å². The number of rotatable bonds is 6. The maximum absolute atomic E-state index is 14.2. The molecule has 1 aromatic carbocycles. The van der Waals surface area contributed by atoms with Gasteiger partial charge >= 0.3 is 0 Å². The van der Waals surface area contributed by atoms with Crippen molar-refractivity contribution in [3.8, 4) is 28.6 Å². The van der Waals surface area contributed by atoms with Gasteiger partial charge in [0.05, 0.1) is 11.7 Å². The van der Waals surface area contributed by atoms with Crippen LogP contribution in [0, 0.1) is 5.82 Å². The Morgan fingerprint density at radius 3 is 2.88 bits per heavy atom. The summed E-state index contributed by atoms with van der Waals surface area (Å²) >= 11 is 0. The molecule has 2 aromatic heterocycles. The van der Waals surface area contributed by atoms with Crippen LogP contribution < -0.4 is 10.1 Å². The van der Waals surface area contributed by atoms with Gasteiger partial charge in [-0.05, 0) is 43.7 Å². The number of nitrogens with zero attached hydrogens (tertiary/aromatic N) is 3. The molecule has 0 unspecified atom stereocenters. The third-order valence-electron chi connectivity index (χ3n) is 3.79. The molecule has 25 heavy (non-hydrogen) atoms. The smallest absolute Gasteiger partial charge is 0.258 e. The van der Waals surface area contributed by atoms with Crippen LogP contribution in [-0.4, -0.2) is 28.3 Å². The fourth-order valence-corrected chi connectivity index (χ4v) is 2.26. The van der Waals surface area contributed by atoms with Crippen molar-refractivity contribution in [3.05, 3.63) is 42.3 Å². The Hall–Kier alpha value is -2.96. The van der Waals surface area contributed by atoms with Crippen molar-refractivity contribution >= 4 is 5.82 Å². The standard InChI is InChI=1S/C18H19FN4O2/c1-4-11(2)24-15-8-7-12(10-14(15)19)18-22-17(23-25-18)13-6-5-9-21-16(13)20-3/h5-11H,4H2,1-3H3,(H,20,21)/t11-/m0/s1. The van der Waals surface area contributed by atoms with Gasteiger partial charge in [-0.1, -0.05) is 12.1 Å². The predicted molar refractivity (Wildman–Crippen MR) is 92.9 cm³/mol. The van der Waals surface area contributed by atoms with Gasteiger partial charge in [-0.15, -0.1) is 0 Å². The van der Waals surface area contributed by atoms with E-state index in [-0.39, 0.29) is 17.7 Å². The molecule has 0 radical (unpaired) electrons. The first kappa shape index (κ1) is 16.9. The lowest BCUT2D eigenvalue weighted by atomic mass is 10.2. The SMILES string of the molecule is CC[C@H](C)Oc1ccc(-c2nc(-c3cccnc3NC)no2)cc1F. The van der Waals surface area contributed by atoms with Crippen LogP contribution in [0.2, 0.25) is 0 Å². The molecule has 0 saturated heterocycles. The van der Waals surface area contributed by atoms with Crippen molar-refractivity contribution in [1.29, 1.82) is 0 Å². The zero-order valence-electron chi connectivity index (χ0n) is 14.3. The van der Waals surface area contributed by atoms with Gasteiger partial charge in [-0.3, -0.25) is 0 Å². The van der Waals surface area contributed by atoms with Crippen LogP contribution >= 0.6 is 0 Å². The molecule has 0 aliphatic rings. The number of ether oxygens (including phenoxy) is 1.